The molecule has 9 heteroatoms. The first-order valence-electron chi connectivity index (χ1n) is 8.53. The number of hydrogen-bond acceptors (Lipinski definition) is 8. The fraction of sp³-hybridized carbons (Fsp3) is 0.316. The van der Waals surface area contributed by atoms with Crippen LogP contribution < -0.4 is 10.4 Å². The molecule has 0 aliphatic carbocycles. The first-order chi connectivity index (χ1) is 13.4. The van der Waals surface area contributed by atoms with Gasteiger partial charge in [-0.3, -0.25) is 0 Å². The van der Waals surface area contributed by atoms with Crippen molar-refractivity contribution in [3.8, 4) is 5.75 Å². The highest BCUT2D eigenvalue weighted by atomic mass is 35.5. The Morgan fingerprint density at radius 2 is 1.68 bits per heavy atom. The summed E-state index contributed by atoms with van der Waals surface area (Å²) in [6.07, 6.45) is -7.20. The first-order valence-corrected chi connectivity index (χ1v) is 8.91. The summed E-state index contributed by atoms with van der Waals surface area (Å²) in [6, 6.07) is 10.1. The van der Waals surface area contributed by atoms with E-state index in [1.54, 1.807) is 30.3 Å². The highest BCUT2D eigenvalue weighted by molar-refractivity contribution is 6.37. The normalized spacial score (nSPS) is 28.0. The van der Waals surface area contributed by atoms with Crippen molar-refractivity contribution in [1.29, 1.82) is 0 Å². The lowest BCUT2D eigenvalue weighted by Crippen LogP contribution is -2.60. The predicted octanol–water partition coefficient (Wildman–Crippen LogP) is 0.778. The lowest BCUT2D eigenvalue weighted by atomic mass is 9.99. The van der Waals surface area contributed by atoms with Crippen LogP contribution in [-0.4, -0.2) is 57.7 Å². The van der Waals surface area contributed by atoms with Crippen LogP contribution in [0.5, 0.6) is 5.75 Å². The van der Waals surface area contributed by atoms with Crippen LogP contribution in [0.1, 0.15) is 0 Å². The van der Waals surface area contributed by atoms with Crippen LogP contribution in [0.3, 0.4) is 0 Å². The third-order valence-corrected chi connectivity index (χ3v) is 5.14. The van der Waals surface area contributed by atoms with Crippen molar-refractivity contribution < 1.29 is 34.3 Å². The molecule has 4 N–H and O–H groups in total. The van der Waals surface area contributed by atoms with Gasteiger partial charge in [0.2, 0.25) is 6.29 Å². The summed E-state index contributed by atoms with van der Waals surface area (Å²) in [5.41, 5.74) is -0.456. The van der Waals surface area contributed by atoms with Crippen LogP contribution in [0.4, 0.5) is 0 Å². The summed E-state index contributed by atoms with van der Waals surface area (Å²) < 4.78 is 16.2. The molecule has 4 rings (SSSR count). The molecule has 0 radical (unpaired) electrons. The Kier molecular flexibility index (Phi) is 5.00. The molecular formula is C19H17ClO8. The fourth-order valence-electron chi connectivity index (χ4n) is 3.27. The van der Waals surface area contributed by atoms with E-state index in [2.05, 4.69) is 0 Å². The van der Waals surface area contributed by atoms with Crippen molar-refractivity contribution in [3.63, 3.8) is 0 Å². The Balaban J connectivity index is 1.75. The summed E-state index contributed by atoms with van der Waals surface area (Å²) in [7, 11) is 0. The lowest BCUT2D eigenvalue weighted by Gasteiger charge is -2.39. The maximum absolute atomic E-state index is 12.2. The van der Waals surface area contributed by atoms with E-state index >= 15 is 0 Å². The summed E-state index contributed by atoms with van der Waals surface area (Å²) in [6.45, 7) is -0.586. The van der Waals surface area contributed by atoms with Gasteiger partial charge in [-0.25, -0.2) is 4.79 Å². The molecule has 0 bridgehead atoms. The Morgan fingerprint density at radius 3 is 2.39 bits per heavy atom. The van der Waals surface area contributed by atoms with Crippen LogP contribution >= 0.6 is 11.6 Å². The molecule has 1 aliphatic heterocycles. The molecule has 1 saturated heterocycles. The minimum atomic E-state index is -1.59. The molecule has 3 aromatic rings. The van der Waals surface area contributed by atoms with Crippen LogP contribution in [0.25, 0.3) is 21.7 Å². The van der Waals surface area contributed by atoms with Gasteiger partial charge in [0.25, 0.3) is 0 Å². The van der Waals surface area contributed by atoms with Crippen molar-refractivity contribution in [3.05, 3.63) is 51.8 Å². The van der Waals surface area contributed by atoms with E-state index in [1.807, 2.05) is 0 Å². The maximum atomic E-state index is 12.2. The summed E-state index contributed by atoms with van der Waals surface area (Å²) >= 11 is 6.36. The van der Waals surface area contributed by atoms with Crippen LogP contribution in [0, 0.1) is 0 Å². The molecule has 8 nitrogen and oxygen atoms in total. The lowest BCUT2D eigenvalue weighted by molar-refractivity contribution is -0.277. The van der Waals surface area contributed by atoms with Crippen LogP contribution in [0.2, 0.25) is 5.02 Å². The number of fused-ring (bicyclic) bond motifs is 3. The molecule has 0 saturated carbocycles. The molecule has 0 spiro atoms. The van der Waals surface area contributed by atoms with Gasteiger partial charge < -0.3 is 34.3 Å². The average molecular weight is 409 g/mol. The van der Waals surface area contributed by atoms with E-state index in [4.69, 9.17) is 25.5 Å². The van der Waals surface area contributed by atoms with Crippen molar-refractivity contribution in [1.82, 2.24) is 0 Å². The van der Waals surface area contributed by atoms with E-state index < -0.39 is 42.9 Å². The van der Waals surface area contributed by atoms with Gasteiger partial charge >= 0.3 is 5.63 Å². The monoisotopic (exact) mass is 408 g/mol. The van der Waals surface area contributed by atoms with Crippen molar-refractivity contribution in [2.24, 2.45) is 0 Å². The predicted molar refractivity (Wildman–Crippen MR) is 99.4 cm³/mol. The van der Waals surface area contributed by atoms with Gasteiger partial charge in [0.1, 0.15) is 35.2 Å². The van der Waals surface area contributed by atoms with Gasteiger partial charge in [-0.05, 0) is 23.6 Å². The molecular weight excluding hydrogens is 392 g/mol. The Hall–Kier alpha value is -2.20. The second kappa shape index (κ2) is 7.32. The number of halogens is 1. The topological polar surface area (TPSA) is 130 Å². The molecule has 2 heterocycles. The second-order valence-electron chi connectivity index (χ2n) is 6.50. The van der Waals surface area contributed by atoms with Crippen LogP contribution in [0.15, 0.2) is 45.6 Å². The largest absolute Gasteiger partial charge is 0.460 e. The molecule has 0 amide bonds. The minimum Gasteiger partial charge on any atom is -0.460 e. The van der Waals surface area contributed by atoms with E-state index in [0.717, 1.165) is 0 Å². The van der Waals surface area contributed by atoms with E-state index in [1.165, 1.54) is 6.07 Å². The molecule has 2 aromatic carbocycles. The van der Waals surface area contributed by atoms with Gasteiger partial charge in [0.05, 0.1) is 12.0 Å². The smallest absolute Gasteiger partial charge is 0.344 e. The number of benzene rings is 2. The summed E-state index contributed by atoms with van der Waals surface area (Å²) in [5.74, 6) is 0.0388. The number of aliphatic hydroxyl groups excluding tert-OH is 4. The number of rotatable bonds is 3. The quantitative estimate of drug-likeness (QED) is 0.369. The third-order valence-electron chi connectivity index (χ3n) is 4.79. The van der Waals surface area contributed by atoms with Gasteiger partial charge in [0, 0.05) is 5.39 Å². The van der Waals surface area contributed by atoms with E-state index in [9.17, 15) is 25.2 Å². The highest BCUT2D eigenvalue weighted by Crippen LogP contribution is 2.36. The molecule has 1 fully saturated rings. The van der Waals surface area contributed by atoms with Crippen molar-refractivity contribution >= 4 is 33.3 Å². The van der Waals surface area contributed by atoms with E-state index in [0.29, 0.717) is 16.2 Å². The Bertz CT molecular complexity index is 1080. The highest BCUT2D eigenvalue weighted by Gasteiger charge is 2.44. The zero-order chi connectivity index (χ0) is 20.0. The maximum Gasteiger partial charge on any atom is 0.344 e. The van der Waals surface area contributed by atoms with Gasteiger partial charge in [-0.1, -0.05) is 29.8 Å². The molecule has 1 aliphatic rings. The first kappa shape index (κ1) is 19.1. The number of hydrogen-bond donors (Lipinski definition) is 4. The van der Waals surface area contributed by atoms with E-state index in [-0.39, 0.29) is 16.4 Å². The van der Waals surface area contributed by atoms with Crippen molar-refractivity contribution in [2.45, 2.75) is 30.7 Å². The fourth-order valence-corrected chi connectivity index (χ4v) is 3.52. The average Bonchev–Trinajstić information content (AvgIpc) is 2.71. The van der Waals surface area contributed by atoms with Crippen LogP contribution in [-0.2, 0) is 4.74 Å². The zero-order valence-corrected chi connectivity index (χ0v) is 15.1. The SMILES string of the molecule is O=c1oc2c(Cl)c(O[C@@H]3O[C@H](CO)[C@@H](O)[C@H](O)[C@H]3O)ccc2c2ccccc12. The Morgan fingerprint density at radius 1 is 0.964 bits per heavy atom. The molecule has 5 atom stereocenters. The van der Waals surface area contributed by atoms with Crippen molar-refractivity contribution in [2.75, 3.05) is 6.61 Å². The summed E-state index contributed by atoms with van der Waals surface area (Å²) in [4.78, 5) is 12.2. The number of aliphatic hydroxyl groups is 4. The molecule has 28 heavy (non-hydrogen) atoms. The van der Waals surface area contributed by atoms with Gasteiger partial charge in [-0.15, -0.1) is 0 Å². The van der Waals surface area contributed by atoms with Gasteiger partial charge in [0.15, 0.2) is 5.58 Å². The third kappa shape index (κ3) is 3.04. The number of ether oxygens (including phenoxy) is 2. The van der Waals surface area contributed by atoms with Gasteiger partial charge in [-0.2, -0.15) is 0 Å². The second-order valence-corrected chi connectivity index (χ2v) is 6.88. The summed E-state index contributed by atoms with van der Waals surface area (Å²) in [5, 5.41) is 40.8. The molecule has 1 aromatic heterocycles. The molecule has 0 unspecified atom stereocenters. The minimum absolute atomic E-state index is 0.0164. The Labute approximate surface area is 163 Å². The molecule has 148 valence electrons. The standard InChI is InChI=1S/C19H17ClO8/c20-13-11(26-19-16(24)15(23)14(22)12(7-21)27-19)6-5-9-8-3-1-2-4-10(8)18(25)28-17(9)13/h1-6,12,14-16,19,21-24H,7H2/t12-,14-,15+,16-,19-/m1/s1. The zero-order valence-electron chi connectivity index (χ0n) is 14.4.